The second kappa shape index (κ2) is 9.86. The molecular weight excluding hydrogens is 504 g/mol. The van der Waals surface area contributed by atoms with Crippen molar-refractivity contribution in [1.29, 1.82) is 0 Å². The average molecular weight is 533 g/mol. The van der Waals surface area contributed by atoms with Gasteiger partial charge in [0.25, 0.3) is 5.91 Å². The molecule has 1 saturated heterocycles. The largest absolute Gasteiger partial charge is 0.503 e. The first-order valence-corrected chi connectivity index (χ1v) is 13.4. The van der Waals surface area contributed by atoms with Crippen molar-refractivity contribution in [2.24, 2.45) is 0 Å². The van der Waals surface area contributed by atoms with Crippen molar-refractivity contribution in [1.82, 2.24) is 19.2 Å². The molecule has 6 rings (SSSR count). The first kappa shape index (κ1) is 24.6. The molecule has 2 aliphatic heterocycles. The summed E-state index contributed by atoms with van der Waals surface area (Å²) < 4.78 is 13.0. The lowest BCUT2D eigenvalue weighted by atomic mass is 9.94. The van der Waals surface area contributed by atoms with Crippen LogP contribution in [0.1, 0.15) is 27.0 Å². The number of aromatic nitrogens is 2. The lowest BCUT2D eigenvalue weighted by Gasteiger charge is -2.32. The molecule has 1 fully saturated rings. The molecule has 0 aliphatic carbocycles. The zero-order valence-corrected chi connectivity index (χ0v) is 22.0. The summed E-state index contributed by atoms with van der Waals surface area (Å²) in [6.45, 7) is 5.65. The van der Waals surface area contributed by atoms with E-state index in [0.29, 0.717) is 47.5 Å². The van der Waals surface area contributed by atoms with E-state index in [1.807, 2.05) is 53.8 Å². The van der Waals surface area contributed by atoms with Gasteiger partial charge in [-0.2, -0.15) is 0 Å². The minimum atomic E-state index is -0.780. The minimum absolute atomic E-state index is 0.0680. The van der Waals surface area contributed by atoms with E-state index in [4.69, 9.17) is 9.47 Å². The molecule has 38 heavy (non-hydrogen) atoms. The number of fused-ring (bicyclic) bond motifs is 3. The monoisotopic (exact) mass is 532 g/mol. The van der Waals surface area contributed by atoms with E-state index in [-0.39, 0.29) is 11.4 Å². The Bertz CT molecular complexity index is 1580. The molecule has 4 aromatic rings. The number of amides is 1. The SMILES string of the molecule is COc1ccccc1C1C(C(=O)c2sc3nc4ccccc4n3c2C)=C(O)C(=O)N1CCN1CCOCC1. The number of ether oxygens (including phenoxy) is 2. The fraction of sp³-hybridized carbons (Fsp3) is 0.321. The number of Topliss-reactive ketones (excluding diaryl/α,β-unsaturated/α-hetero) is 1. The summed E-state index contributed by atoms with van der Waals surface area (Å²) in [6, 6.07) is 14.3. The quantitative estimate of drug-likeness (QED) is 0.362. The lowest BCUT2D eigenvalue weighted by molar-refractivity contribution is -0.129. The molecule has 0 spiro atoms. The zero-order valence-electron chi connectivity index (χ0n) is 21.2. The molecule has 0 saturated carbocycles. The number of morpholine rings is 1. The molecule has 0 bridgehead atoms. The van der Waals surface area contributed by atoms with Crippen LogP contribution in [0.4, 0.5) is 0 Å². The van der Waals surface area contributed by atoms with E-state index in [1.165, 1.54) is 11.3 Å². The summed E-state index contributed by atoms with van der Waals surface area (Å²) in [6.07, 6.45) is 0. The number of thiazole rings is 1. The standard InChI is InChI=1S/C28H28N4O5S/c1-17-26(38-28-29-19-8-4-5-9-20(19)32(17)28)24(33)22-23(18-7-3-6-10-21(18)36-2)31(27(35)25(22)34)12-11-30-13-15-37-16-14-30/h3-10,23,34H,11-16H2,1-2H3. The third-order valence-corrected chi connectivity index (χ3v) is 8.48. The van der Waals surface area contributed by atoms with Gasteiger partial charge in [0.05, 0.1) is 47.8 Å². The maximum absolute atomic E-state index is 14.2. The summed E-state index contributed by atoms with van der Waals surface area (Å²) >= 11 is 1.27. The van der Waals surface area contributed by atoms with Crippen LogP contribution >= 0.6 is 11.3 Å². The van der Waals surface area contributed by atoms with Crippen molar-refractivity contribution in [3.05, 3.63) is 76.0 Å². The molecule has 0 radical (unpaired) electrons. The van der Waals surface area contributed by atoms with Gasteiger partial charge in [0.1, 0.15) is 5.75 Å². The van der Waals surface area contributed by atoms with Gasteiger partial charge in [0.15, 0.2) is 10.7 Å². The predicted molar refractivity (Wildman–Crippen MR) is 144 cm³/mol. The third-order valence-electron chi connectivity index (χ3n) is 7.34. The van der Waals surface area contributed by atoms with E-state index in [0.717, 1.165) is 29.8 Å². The minimum Gasteiger partial charge on any atom is -0.503 e. The van der Waals surface area contributed by atoms with Gasteiger partial charge in [-0.05, 0) is 25.1 Å². The number of carbonyl (C=O) groups is 2. The van der Waals surface area contributed by atoms with Gasteiger partial charge in [-0.3, -0.25) is 18.9 Å². The smallest absolute Gasteiger partial charge is 0.290 e. The highest BCUT2D eigenvalue weighted by molar-refractivity contribution is 7.19. The number of rotatable bonds is 7. The fourth-order valence-electron chi connectivity index (χ4n) is 5.40. The number of benzene rings is 2. The molecule has 1 amide bonds. The van der Waals surface area contributed by atoms with E-state index in [9.17, 15) is 14.7 Å². The predicted octanol–water partition coefficient (Wildman–Crippen LogP) is 3.78. The van der Waals surface area contributed by atoms with Crippen molar-refractivity contribution in [3.63, 3.8) is 0 Å². The first-order chi connectivity index (χ1) is 18.5. The van der Waals surface area contributed by atoms with Crippen LogP contribution in [0.15, 0.2) is 59.9 Å². The Kier molecular flexibility index (Phi) is 6.38. The molecule has 1 atom stereocenters. The molecule has 1 N–H and O–H groups in total. The maximum Gasteiger partial charge on any atom is 0.290 e. The number of hydrogen-bond acceptors (Lipinski definition) is 8. The van der Waals surface area contributed by atoms with Gasteiger partial charge >= 0.3 is 0 Å². The topological polar surface area (TPSA) is 96.6 Å². The number of aliphatic hydroxyl groups excluding tert-OH is 1. The molecule has 10 heteroatoms. The van der Waals surface area contributed by atoms with E-state index in [1.54, 1.807) is 18.1 Å². The van der Waals surface area contributed by atoms with Crippen molar-refractivity contribution < 1.29 is 24.2 Å². The Morgan fingerprint density at radius 3 is 2.66 bits per heavy atom. The Hall–Kier alpha value is -3.73. The molecule has 9 nitrogen and oxygen atoms in total. The van der Waals surface area contributed by atoms with Gasteiger partial charge in [0.2, 0.25) is 5.78 Å². The molecule has 1 unspecified atom stereocenters. The van der Waals surface area contributed by atoms with E-state index >= 15 is 0 Å². The maximum atomic E-state index is 14.2. The highest BCUT2D eigenvalue weighted by Crippen LogP contribution is 2.43. The Morgan fingerprint density at radius 1 is 1.13 bits per heavy atom. The van der Waals surface area contributed by atoms with Crippen LogP contribution in [0.5, 0.6) is 5.75 Å². The number of imidazole rings is 1. The van der Waals surface area contributed by atoms with E-state index < -0.39 is 17.7 Å². The molecule has 2 aromatic heterocycles. The van der Waals surface area contributed by atoms with Gasteiger partial charge in [0, 0.05) is 37.4 Å². The number of methoxy groups -OCH3 is 1. The van der Waals surface area contributed by atoms with Crippen LogP contribution in [-0.4, -0.2) is 82.5 Å². The number of para-hydroxylation sites is 3. The summed E-state index contributed by atoms with van der Waals surface area (Å²) in [5, 5.41) is 11.2. The van der Waals surface area contributed by atoms with Crippen LogP contribution in [0.25, 0.3) is 16.0 Å². The van der Waals surface area contributed by atoms with Gasteiger partial charge in [-0.15, -0.1) is 0 Å². The van der Waals surface area contributed by atoms with Gasteiger partial charge < -0.3 is 19.5 Å². The first-order valence-electron chi connectivity index (χ1n) is 12.6. The molecule has 2 aliphatic rings. The second-order valence-electron chi connectivity index (χ2n) is 9.42. The summed E-state index contributed by atoms with van der Waals surface area (Å²) in [5.41, 5.74) is 3.20. The lowest BCUT2D eigenvalue weighted by Crippen LogP contribution is -2.43. The second-order valence-corrected chi connectivity index (χ2v) is 10.4. The normalized spacial score (nSPS) is 18.7. The number of hydrogen-bond donors (Lipinski definition) is 1. The number of nitrogens with zero attached hydrogens (tertiary/aromatic N) is 4. The molecule has 2 aromatic carbocycles. The summed E-state index contributed by atoms with van der Waals surface area (Å²) in [5.74, 6) is -0.895. The number of carbonyl (C=O) groups excluding carboxylic acids is 2. The van der Waals surface area contributed by atoms with Crippen molar-refractivity contribution in [2.45, 2.75) is 13.0 Å². The van der Waals surface area contributed by atoms with Gasteiger partial charge in [-0.1, -0.05) is 41.7 Å². The fourth-order valence-corrected chi connectivity index (χ4v) is 6.50. The Labute approximate surface area is 223 Å². The van der Waals surface area contributed by atoms with Crippen LogP contribution in [0.2, 0.25) is 0 Å². The van der Waals surface area contributed by atoms with Crippen LogP contribution in [0.3, 0.4) is 0 Å². The van der Waals surface area contributed by atoms with Crippen LogP contribution in [-0.2, 0) is 9.53 Å². The van der Waals surface area contributed by atoms with Gasteiger partial charge in [-0.25, -0.2) is 4.98 Å². The third kappa shape index (κ3) is 3.96. The number of aryl methyl sites for hydroxylation is 1. The highest BCUT2D eigenvalue weighted by Gasteiger charge is 2.45. The van der Waals surface area contributed by atoms with E-state index in [2.05, 4.69) is 9.88 Å². The number of ketones is 1. The zero-order chi connectivity index (χ0) is 26.4. The Balaban J connectivity index is 1.42. The van der Waals surface area contributed by atoms with Crippen molar-refractivity contribution in [3.8, 4) is 5.75 Å². The summed E-state index contributed by atoms with van der Waals surface area (Å²) in [4.78, 5) is 37.2. The highest BCUT2D eigenvalue weighted by atomic mass is 32.1. The summed E-state index contributed by atoms with van der Waals surface area (Å²) in [7, 11) is 1.56. The van der Waals surface area contributed by atoms with Crippen molar-refractivity contribution in [2.75, 3.05) is 46.5 Å². The van der Waals surface area contributed by atoms with Crippen molar-refractivity contribution >= 4 is 39.0 Å². The molecular formula is C28H28N4O5S. The number of aliphatic hydroxyl groups is 1. The van der Waals surface area contributed by atoms with Crippen LogP contribution < -0.4 is 4.74 Å². The van der Waals surface area contributed by atoms with Crippen LogP contribution in [0, 0.1) is 6.92 Å². The Morgan fingerprint density at radius 2 is 1.87 bits per heavy atom. The molecule has 196 valence electrons. The average Bonchev–Trinajstić information content (AvgIpc) is 3.56. The molecule has 4 heterocycles.